The lowest BCUT2D eigenvalue weighted by Crippen LogP contribution is -2.12. The van der Waals surface area contributed by atoms with E-state index in [0.29, 0.717) is 32.9 Å². The van der Waals surface area contributed by atoms with Crippen LogP contribution in [0.4, 0.5) is 5.69 Å². The fourth-order valence-corrected chi connectivity index (χ4v) is 4.73. The van der Waals surface area contributed by atoms with Gasteiger partial charge in [0.15, 0.2) is 0 Å². The van der Waals surface area contributed by atoms with Crippen molar-refractivity contribution in [2.45, 2.75) is 9.79 Å². The van der Waals surface area contributed by atoms with E-state index in [1.807, 2.05) is 0 Å². The van der Waals surface area contributed by atoms with Gasteiger partial charge in [-0.05, 0) is 60.7 Å². The summed E-state index contributed by atoms with van der Waals surface area (Å²) in [5.74, 6) is 0.295. The summed E-state index contributed by atoms with van der Waals surface area (Å²) in [5.41, 5.74) is 1.22. The number of sulfone groups is 1. The molecule has 0 bridgehead atoms. The molecule has 0 aliphatic carbocycles. The van der Waals surface area contributed by atoms with Crippen molar-refractivity contribution >= 4 is 43.9 Å². The summed E-state index contributed by atoms with van der Waals surface area (Å²) in [4.78, 5) is 17.2. The first-order valence-corrected chi connectivity index (χ1v) is 11.1. The molecule has 4 rings (SSSR count). The van der Waals surface area contributed by atoms with Gasteiger partial charge in [-0.1, -0.05) is 23.7 Å². The van der Waals surface area contributed by atoms with Gasteiger partial charge in [0.2, 0.25) is 9.84 Å². The third-order valence-electron chi connectivity index (χ3n) is 4.74. The van der Waals surface area contributed by atoms with Crippen molar-refractivity contribution in [1.82, 2.24) is 4.98 Å². The number of aromatic nitrogens is 1. The minimum absolute atomic E-state index is 0.0976. The average molecular weight is 453 g/mol. The number of anilines is 1. The zero-order valence-electron chi connectivity index (χ0n) is 16.4. The summed E-state index contributed by atoms with van der Waals surface area (Å²) in [6.07, 6.45) is 1.41. The zero-order chi connectivity index (χ0) is 22.0. The van der Waals surface area contributed by atoms with Gasteiger partial charge in [0.25, 0.3) is 5.91 Å². The average Bonchev–Trinajstić information content (AvgIpc) is 2.79. The van der Waals surface area contributed by atoms with E-state index in [1.54, 1.807) is 49.6 Å². The van der Waals surface area contributed by atoms with Crippen LogP contribution in [0.2, 0.25) is 5.02 Å². The minimum atomic E-state index is -3.81. The monoisotopic (exact) mass is 452 g/mol. The molecule has 0 radical (unpaired) electrons. The molecule has 31 heavy (non-hydrogen) atoms. The lowest BCUT2D eigenvalue weighted by atomic mass is 10.1. The molecule has 1 heterocycles. The lowest BCUT2D eigenvalue weighted by molar-refractivity contribution is 0.102. The van der Waals surface area contributed by atoms with Crippen LogP contribution in [0, 0.1) is 0 Å². The van der Waals surface area contributed by atoms with E-state index in [0.717, 1.165) is 0 Å². The van der Waals surface area contributed by atoms with Crippen LogP contribution in [0.5, 0.6) is 5.75 Å². The summed E-state index contributed by atoms with van der Waals surface area (Å²) < 4.78 is 31.5. The van der Waals surface area contributed by atoms with Gasteiger partial charge in [0.05, 0.1) is 28.1 Å². The summed E-state index contributed by atoms with van der Waals surface area (Å²) >= 11 is 5.89. The van der Waals surface area contributed by atoms with E-state index in [-0.39, 0.29) is 15.7 Å². The van der Waals surface area contributed by atoms with Gasteiger partial charge in [-0.3, -0.25) is 9.78 Å². The van der Waals surface area contributed by atoms with E-state index >= 15 is 0 Å². The quantitative estimate of drug-likeness (QED) is 0.461. The van der Waals surface area contributed by atoms with Crippen LogP contribution in [0.25, 0.3) is 10.9 Å². The fraction of sp³-hybridized carbons (Fsp3) is 0.0435. The number of carbonyl (C=O) groups excluding carboxylic acids is 1. The van der Waals surface area contributed by atoms with Crippen molar-refractivity contribution in [1.29, 1.82) is 0 Å². The molecule has 1 aromatic heterocycles. The molecular formula is C23H17ClN2O4S. The number of amides is 1. The molecule has 4 aromatic rings. The molecule has 3 aromatic carbocycles. The van der Waals surface area contributed by atoms with E-state index in [4.69, 9.17) is 16.3 Å². The van der Waals surface area contributed by atoms with Crippen molar-refractivity contribution in [2.75, 3.05) is 12.4 Å². The number of halogens is 1. The SMILES string of the molecule is COc1ccc(C(=O)Nc2cccc3c(S(=O)(=O)c4ccc(Cl)cc4)ccnc23)cc1. The molecule has 8 heteroatoms. The zero-order valence-corrected chi connectivity index (χ0v) is 17.9. The molecule has 0 saturated heterocycles. The minimum Gasteiger partial charge on any atom is -0.497 e. The van der Waals surface area contributed by atoms with Gasteiger partial charge in [0.1, 0.15) is 5.75 Å². The van der Waals surface area contributed by atoms with Crippen LogP contribution in [0.1, 0.15) is 10.4 Å². The predicted molar refractivity (Wildman–Crippen MR) is 120 cm³/mol. The van der Waals surface area contributed by atoms with E-state index in [1.165, 1.54) is 36.5 Å². The van der Waals surface area contributed by atoms with Gasteiger partial charge in [-0.15, -0.1) is 0 Å². The third-order valence-corrected chi connectivity index (χ3v) is 6.82. The first-order valence-electron chi connectivity index (χ1n) is 9.24. The number of rotatable bonds is 5. The number of methoxy groups -OCH3 is 1. The maximum atomic E-state index is 13.2. The summed E-state index contributed by atoms with van der Waals surface area (Å²) in [6, 6.07) is 19.1. The Morgan fingerprint density at radius 3 is 2.35 bits per heavy atom. The molecule has 6 nitrogen and oxygen atoms in total. The second kappa shape index (κ2) is 8.37. The molecule has 0 saturated carbocycles. The summed E-state index contributed by atoms with van der Waals surface area (Å²) in [6.45, 7) is 0. The Morgan fingerprint density at radius 1 is 0.968 bits per heavy atom. The van der Waals surface area contributed by atoms with Crippen LogP contribution in [-0.2, 0) is 9.84 Å². The number of pyridine rings is 1. The first-order chi connectivity index (χ1) is 14.9. The van der Waals surface area contributed by atoms with E-state index in [2.05, 4.69) is 10.3 Å². The Balaban J connectivity index is 1.74. The number of fused-ring (bicyclic) bond motifs is 1. The Hall–Kier alpha value is -3.42. The molecule has 1 N–H and O–H groups in total. The molecule has 156 valence electrons. The number of hydrogen-bond donors (Lipinski definition) is 1. The second-order valence-electron chi connectivity index (χ2n) is 6.65. The van der Waals surface area contributed by atoms with Crippen molar-refractivity contribution in [3.8, 4) is 5.75 Å². The van der Waals surface area contributed by atoms with Crippen molar-refractivity contribution in [2.24, 2.45) is 0 Å². The van der Waals surface area contributed by atoms with Crippen LogP contribution in [0.15, 0.2) is 88.8 Å². The molecule has 0 aliphatic rings. The lowest BCUT2D eigenvalue weighted by Gasteiger charge is -2.12. The van der Waals surface area contributed by atoms with Crippen LogP contribution >= 0.6 is 11.6 Å². The number of hydrogen-bond acceptors (Lipinski definition) is 5. The largest absolute Gasteiger partial charge is 0.497 e. The fourth-order valence-electron chi connectivity index (χ4n) is 3.16. The Labute approximate surface area is 184 Å². The third kappa shape index (κ3) is 4.10. The standard InChI is InChI=1S/C23H17ClN2O4S/c1-30-17-9-5-15(6-10-17)23(27)26-20-4-2-3-19-21(13-14-25-22(19)20)31(28,29)18-11-7-16(24)8-12-18/h2-14H,1H3,(H,26,27). The van der Waals surface area contributed by atoms with Crippen molar-refractivity contribution < 1.29 is 17.9 Å². The van der Waals surface area contributed by atoms with Crippen LogP contribution in [-0.4, -0.2) is 26.4 Å². The van der Waals surface area contributed by atoms with Gasteiger partial charge in [-0.2, -0.15) is 0 Å². The molecule has 0 spiro atoms. The number of nitrogens with zero attached hydrogens (tertiary/aromatic N) is 1. The second-order valence-corrected chi connectivity index (χ2v) is 9.01. The number of para-hydroxylation sites is 1. The number of ether oxygens (including phenoxy) is 1. The van der Waals surface area contributed by atoms with Gasteiger partial charge >= 0.3 is 0 Å². The molecule has 0 fully saturated rings. The number of carbonyl (C=O) groups is 1. The molecule has 0 aliphatic heterocycles. The highest BCUT2D eigenvalue weighted by Gasteiger charge is 2.22. The highest BCUT2D eigenvalue weighted by atomic mass is 35.5. The maximum absolute atomic E-state index is 13.2. The summed E-state index contributed by atoms with van der Waals surface area (Å²) in [5, 5.41) is 3.66. The van der Waals surface area contributed by atoms with Gasteiger partial charge in [0, 0.05) is 22.2 Å². The van der Waals surface area contributed by atoms with E-state index < -0.39 is 9.84 Å². The molecular weight excluding hydrogens is 436 g/mol. The van der Waals surface area contributed by atoms with Crippen LogP contribution < -0.4 is 10.1 Å². The molecule has 0 unspecified atom stereocenters. The first kappa shape index (κ1) is 20.8. The van der Waals surface area contributed by atoms with E-state index in [9.17, 15) is 13.2 Å². The topological polar surface area (TPSA) is 85.4 Å². The highest BCUT2D eigenvalue weighted by Crippen LogP contribution is 2.31. The predicted octanol–water partition coefficient (Wildman–Crippen LogP) is 4.98. The highest BCUT2D eigenvalue weighted by molar-refractivity contribution is 7.91. The number of nitrogens with one attached hydrogen (secondary N) is 1. The smallest absolute Gasteiger partial charge is 0.255 e. The normalized spacial score (nSPS) is 11.3. The molecule has 0 atom stereocenters. The van der Waals surface area contributed by atoms with Crippen LogP contribution in [0.3, 0.4) is 0 Å². The Bertz CT molecular complexity index is 1370. The number of benzene rings is 3. The Kier molecular flexibility index (Phi) is 5.63. The van der Waals surface area contributed by atoms with Gasteiger partial charge in [-0.25, -0.2) is 8.42 Å². The molecule has 1 amide bonds. The van der Waals surface area contributed by atoms with Crippen molar-refractivity contribution in [3.05, 3.63) is 89.6 Å². The van der Waals surface area contributed by atoms with Gasteiger partial charge < -0.3 is 10.1 Å². The maximum Gasteiger partial charge on any atom is 0.255 e. The Morgan fingerprint density at radius 2 is 1.68 bits per heavy atom. The van der Waals surface area contributed by atoms with Crippen molar-refractivity contribution in [3.63, 3.8) is 0 Å². The summed E-state index contributed by atoms with van der Waals surface area (Å²) in [7, 11) is -2.26.